The lowest BCUT2D eigenvalue weighted by molar-refractivity contribution is 0.357. The van der Waals surface area contributed by atoms with E-state index in [1.165, 1.54) is 24.8 Å². The van der Waals surface area contributed by atoms with E-state index in [0.717, 1.165) is 18.1 Å². The lowest BCUT2D eigenvalue weighted by Crippen LogP contribution is -2.27. The maximum absolute atomic E-state index is 5.66. The van der Waals surface area contributed by atoms with Crippen molar-refractivity contribution in [2.45, 2.75) is 59.9 Å². The monoisotopic (exact) mass is 237 g/mol. The van der Waals surface area contributed by atoms with Gasteiger partial charge in [0, 0.05) is 11.6 Å². The minimum absolute atomic E-state index is 0.437. The summed E-state index contributed by atoms with van der Waals surface area (Å²) >= 11 is 0. The summed E-state index contributed by atoms with van der Waals surface area (Å²) in [6, 6.07) is 2.63. The summed E-state index contributed by atoms with van der Waals surface area (Å²) in [7, 11) is 0. The zero-order valence-electron chi connectivity index (χ0n) is 12.0. The molecule has 0 amide bonds. The summed E-state index contributed by atoms with van der Waals surface area (Å²) in [6.07, 6.45) is 3.66. The van der Waals surface area contributed by atoms with E-state index >= 15 is 0 Å². The first kappa shape index (κ1) is 14.3. The predicted molar refractivity (Wildman–Crippen MR) is 73.3 cm³/mol. The van der Waals surface area contributed by atoms with Crippen LogP contribution in [0.1, 0.15) is 63.2 Å². The highest BCUT2D eigenvalue weighted by Crippen LogP contribution is 2.29. The molecule has 0 saturated carbocycles. The molecule has 2 atom stereocenters. The average Bonchev–Trinajstić information content (AvgIpc) is 2.59. The molecular formula is C15H27NO. The number of furan rings is 1. The maximum Gasteiger partial charge on any atom is 0.105 e. The topological polar surface area (TPSA) is 25.2 Å². The van der Waals surface area contributed by atoms with Crippen LogP contribution in [0.15, 0.2) is 10.5 Å². The third-order valence-corrected chi connectivity index (χ3v) is 3.34. The summed E-state index contributed by atoms with van der Waals surface area (Å²) in [4.78, 5) is 0. The van der Waals surface area contributed by atoms with Gasteiger partial charge in [0.1, 0.15) is 11.5 Å². The summed E-state index contributed by atoms with van der Waals surface area (Å²) < 4.78 is 5.66. The molecule has 0 saturated heterocycles. The van der Waals surface area contributed by atoms with E-state index in [9.17, 15) is 0 Å². The van der Waals surface area contributed by atoms with Gasteiger partial charge in [-0.2, -0.15) is 0 Å². The Morgan fingerprint density at radius 2 is 1.94 bits per heavy atom. The molecule has 0 aliphatic carbocycles. The van der Waals surface area contributed by atoms with Crippen molar-refractivity contribution < 1.29 is 4.42 Å². The summed E-state index contributed by atoms with van der Waals surface area (Å²) in [5.41, 5.74) is 1.34. The molecule has 1 N–H and O–H groups in total. The molecule has 0 bridgehead atoms. The van der Waals surface area contributed by atoms with Gasteiger partial charge in [-0.3, -0.25) is 0 Å². The molecule has 0 aromatic carbocycles. The first-order valence-corrected chi connectivity index (χ1v) is 6.90. The molecule has 1 rings (SSSR count). The molecule has 0 fully saturated rings. The predicted octanol–water partition coefficient (Wildman–Crippen LogP) is 4.37. The summed E-state index contributed by atoms with van der Waals surface area (Å²) in [5, 5.41) is 3.66. The zero-order valence-corrected chi connectivity index (χ0v) is 12.0. The third kappa shape index (κ3) is 3.88. The fourth-order valence-electron chi connectivity index (χ4n) is 2.50. The number of nitrogens with one attached hydrogen (secondary N) is 1. The number of hydrogen-bond donors (Lipinski definition) is 1. The van der Waals surface area contributed by atoms with Crippen LogP contribution in [0, 0.1) is 19.8 Å². The molecule has 0 radical (unpaired) electrons. The van der Waals surface area contributed by atoms with Crippen molar-refractivity contribution in [2.75, 3.05) is 6.54 Å². The Bertz CT molecular complexity index is 330. The highest BCUT2D eigenvalue weighted by molar-refractivity contribution is 5.24. The van der Waals surface area contributed by atoms with Gasteiger partial charge in [0.05, 0.1) is 0 Å². The molecule has 2 heteroatoms. The second kappa shape index (κ2) is 6.85. The second-order valence-corrected chi connectivity index (χ2v) is 5.07. The van der Waals surface area contributed by atoms with E-state index in [0.29, 0.717) is 12.0 Å². The van der Waals surface area contributed by atoms with Crippen LogP contribution in [0.5, 0.6) is 0 Å². The number of hydrogen-bond acceptors (Lipinski definition) is 2. The van der Waals surface area contributed by atoms with Crippen molar-refractivity contribution in [1.29, 1.82) is 0 Å². The van der Waals surface area contributed by atoms with Gasteiger partial charge in [0.15, 0.2) is 0 Å². The lowest BCUT2D eigenvalue weighted by atomic mass is 9.91. The van der Waals surface area contributed by atoms with E-state index in [-0.39, 0.29) is 0 Å². The Balaban J connectivity index is 2.84. The van der Waals surface area contributed by atoms with Crippen molar-refractivity contribution in [3.8, 4) is 0 Å². The van der Waals surface area contributed by atoms with Crippen LogP contribution in [0.3, 0.4) is 0 Å². The molecule has 2 nitrogen and oxygen atoms in total. The van der Waals surface area contributed by atoms with Crippen molar-refractivity contribution in [3.63, 3.8) is 0 Å². The first-order valence-electron chi connectivity index (χ1n) is 6.90. The molecule has 0 aliphatic rings. The first-order chi connectivity index (χ1) is 8.10. The Labute approximate surface area is 106 Å². The molecular weight excluding hydrogens is 210 g/mol. The van der Waals surface area contributed by atoms with Gasteiger partial charge >= 0.3 is 0 Å². The van der Waals surface area contributed by atoms with E-state index < -0.39 is 0 Å². The van der Waals surface area contributed by atoms with Crippen LogP contribution in [-0.4, -0.2) is 6.54 Å². The van der Waals surface area contributed by atoms with Gasteiger partial charge < -0.3 is 9.73 Å². The van der Waals surface area contributed by atoms with Crippen LogP contribution in [-0.2, 0) is 0 Å². The molecule has 1 aromatic rings. The minimum Gasteiger partial charge on any atom is -0.466 e. The Morgan fingerprint density at radius 3 is 2.41 bits per heavy atom. The molecule has 1 aromatic heterocycles. The average molecular weight is 237 g/mol. The Hall–Kier alpha value is -0.760. The third-order valence-electron chi connectivity index (χ3n) is 3.34. The van der Waals surface area contributed by atoms with Gasteiger partial charge in [-0.05, 0) is 45.2 Å². The van der Waals surface area contributed by atoms with Crippen molar-refractivity contribution in [3.05, 3.63) is 23.2 Å². The zero-order chi connectivity index (χ0) is 12.8. The van der Waals surface area contributed by atoms with Gasteiger partial charge in [0.2, 0.25) is 0 Å². The highest BCUT2D eigenvalue weighted by Gasteiger charge is 2.21. The minimum atomic E-state index is 0.437. The van der Waals surface area contributed by atoms with Crippen molar-refractivity contribution in [1.82, 2.24) is 5.32 Å². The summed E-state index contributed by atoms with van der Waals surface area (Å²) in [6.45, 7) is 12.0. The van der Waals surface area contributed by atoms with Gasteiger partial charge in [-0.1, -0.05) is 27.2 Å². The van der Waals surface area contributed by atoms with Crippen molar-refractivity contribution in [2.24, 2.45) is 5.92 Å². The standard InChI is InChI=1S/C15H27NO/c1-6-8-11(3)15(16-9-7-2)14-10-12(4)17-13(14)5/h10-11,15-16H,6-9H2,1-5H3. The Kier molecular flexibility index (Phi) is 5.76. The van der Waals surface area contributed by atoms with E-state index in [1.54, 1.807) is 0 Å². The number of aryl methyl sites for hydroxylation is 2. The molecule has 98 valence electrons. The van der Waals surface area contributed by atoms with Gasteiger partial charge in [-0.15, -0.1) is 0 Å². The quantitative estimate of drug-likeness (QED) is 0.761. The molecule has 17 heavy (non-hydrogen) atoms. The SMILES string of the molecule is CCCNC(c1cc(C)oc1C)C(C)CCC. The Morgan fingerprint density at radius 1 is 1.24 bits per heavy atom. The smallest absolute Gasteiger partial charge is 0.105 e. The maximum atomic E-state index is 5.66. The van der Waals surface area contributed by atoms with E-state index in [2.05, 4.69) is 39.1 Å². The summed E-state index contributed by atoms with van der Waals surface area (Å²) in [5.74, 6) is 2.74. The van der Waals surface area contributed by atoms with Crippen LogP contribution >= 0.6 is 0 Å². The lowest BCUT2D eigenvalue weighted by Gasteiger charge is -2.24. The largest absolute Gasteiger partial charge is 0.466 e. The normalized spacial score (nSPS) is 14.9. The van der Waals surface area contributed by atoms with Crippen LogP contribution in [0.4, 0.5) is 0 Å². The van der Waals surface area contributed by atoms with Crippen LogP contribution in [0.25, 0.3) is 0 Å². The van der Waals surface area contributed by atoms with Crippen LogP contribution < -0.4 is 5.32 Å². The van der Waals surface area contributed by atoms with Crippen LogP contribution in [0.2, 0.25) is 0 Å². The fourth-order valence-corrected chi connectivity index (χ4v) is 2.50. The second-order valence-electron chi connectivity index (χ2n) is 5.07. The van der Waals surface area contributed by atoms with Gasteiger partial charge in [-0.25, -0.2) is 0 Å². The molecule has 0 spiro atoms. The van der Waals surface area contributed by atoms with E-state index in [1.807, 2.05) is 6.92 Å². The highest BCUT2D eigenvalue weighted by atomic mass is 16.3. The fraction of sp³-hybridized carbons (Fsp3) is 0.733. The molecule has 0 aliphatic heterocycles. The van der Waals surface area contributed by atoms with E-state index in [4.69, 9.17) is 4.42 Å². The number of rotatable bonds is 7. The van der Waals surface area contributed by atoms with Gasteiger partial charge in [0.25, 0.3) is 0 Å². The molecule has 2 unspecified atom stereocenters. The molecule has 1 heterocycles. The van der Waals surface area contributed by atoms with Crippen molar-refractivity contribution >= 4 is 0 Å².